The van der Waals surface area contributed by atoms with Crippen LogP contribution in [0.3, 0.4) is 0 Å². The molecule has 1 aromatic carbocycles. The van der Waals surface area contributed by atoms with Gasteiger partial charge in [-0.25, -0.2) is 0 Å². The average Bonchev–Trinajstić information content (AvgIpc) is 3.29. The summed E-state index contributed by atoms with van der Waals surface area (Å²) in [5.41, 5.74) is 1.56. The van der Waals surface area contributed by atoms with Gasteiger partial charge in [-0.05, 0) is 45.1 Å². The van der Waals surface area contributed by atoms with Crippen LogP contribution < -0.4 is 10.6 Å². The predicted molar refractivity (Wildman–Crippen MR) is 133 cm³/mol. The molecule has 3 rings (SSSR count). The van der Waals surface area contributed by atoms with Gasteiger partial charge in [0.1, 0.15) is 0 Å². The Kier molecular flexibility index (Phi) is 9.96. The van der Waals surface area contributed by atoms with Crippen LogP contribution in [0.1, 0.15) is 32.3 Å². The molecule has 2 N–H and O–H groups in total. The van der Waals surface area contributed by atoms with Crippen molar-refractivity contribution in [1.29, 1.82) is 0 Å². The van der Waals surface area contributed by atoms with Crippen molar-refractivity contribution in [2.45, 2.75) is 44.8 Å². The summed E-state index contributed by atoms with van der Waals surface area (Å²) >= 11 is 2.07. The molecule has 2 atom stereocenters. The first kappa shape index (κ1) is 24.4. The molecule has 2 heterocycles. The number of hydrogen-bond acceptors (Lipinski definition) is 5. The largest absolute Gasteiger partial charge is 0.379 e. The van der Waals surface area contributed by atoms with Crippen molar-refractivity contribution in [3.05, 3.63) is 35.9 Å². The number of aliphatic imine (C=N–C) groups is 1. The molecule has 0 spiro atoms. The first-order valence-corrected chi connectivity index (χ1v) is 13.0. The number of nitrogens with one attached hydrogen (secondary N) is 2. The quantitative estimate of drug-likeness (QED) is 0.425. The third-order valence-corrected chi connectivity index (χ3v) is 7.76. The van der Waals surface area contributed by atoms with Gasteiger partial charge in [-0.2, -0.15) is 11.8 Å². The summed E-state index contributed by atoms with van der Waals surface area (Å²) < 4.78 is 5.59. The molecule has 2 unspecified atom stereocenters. The lowest BCUT2D eigenvalue weighted by atomic mass is 9.96. The van der Waals surface area contributed by atoms with Gasteiger partial charge in [-0.3, -0.25) is 14.8 Å². The maximum absolute atomic E-state index is 5.59. The molecule has 0 amide bonds. The van der Waals surface area contributed by atoms with E-state index in [1.165, 1.54) is 23.5 Å². The zero-order chi connectivity index (χ0) is 21.9. The highest BCUT2D eigenvalue weighted by Gasteiger charge is 2.40. The van der Waals surface area contributed by atoms with Crippen LogP contribution in [0, 0.1) is 0 Å². The second kappa shape index (κ2) is 12.7. The fourth-order valence-electron chi connectivity index (χ4n) is 4.32. The fraction of sp³-hybridized carbons (Fsp3) is 0.708. The van der Waals surface area contributed by atoms with E-state index in [0.717, 1.165) is 64.9 Å². The minimum Gasteiger partial charge on any atom is -0.379 e. The van der Waals surface area contributed by atoms with Gasteiger partial charge >= 0.3 is 0 Å². The Morgan fingerprint density at radius 3 is 2.71 bits per heavy atom. The van der Waals surface area contributed by atoms with Crippen molar-refractivity contribution >= 4 is 17.7 Å². The van der Waals surface area contributed by atoms with Crippen LogP contribution >= 0.6 is 11.8 Å². The highest BCUT2D eigenvalue weighted by Crippen LogP contribution is 2.34. The van der Waals surface area contributed by atoms with Crippen LogP contribution in [-0.2, 0) is 11.3 Å². The molecule has 31 heavy (non-hydrogen) atoms. The second-order valence-electron chi connectivity index (χ2n) is 8.79. The maximum atomic E-state index is 5.59. The van der Waals surface area contributed by atoms with Gasteiger partial charge in [0.15, 0.2) is 5.96 Å². The molecular formula is C24H41N5OS. The van der Waals surface area contributed by atoms with Crippen molar-refractivity contribution in [1.82, 2.24) is 20.4 Å². The standard InChI is InChI=1S/C24H41N5OS/c1-4-25-23(26-12-10-21(2)28(3)18-22-8-6-5-7-9-22)27-19-24(11-17-31-20-24)29-13-15-30-16-14-29/h5-9,21H,4,10-20H2,1-3H3,(H2,25,26,27). The molecule has 2 saturated heterocycles. The molecule has 0 bridgehead atoms. The molecular weight excluding hydrogens is 406 g/mol. The van der Waals surface area contributed by atoms with Crippen LogP contribution in [0.4, 0.5) is 0 Å². The van der Waals surface area contributed by atoms with E-state index in [9.17, 15) is 0 Å². The smallest absolute Gasteiger partial charge is 0.191 e. The number of morpholine rings is 1. The minimum atomic E-state index is 0.194. The highest BCUT2D eigenvalue weighted by molar-refractivity contribution is 7.99. The van der Waals surface area contributed by atoms with E-state index >= 15 is 0 Å². The van der Waals surface area contributed by atoms with Gasteiger partial charge in [-0.1, -0.05) is 30.3 Å². The number of guanidine groups is 1. The lowest BCUT2D eigenvalue weighted by Crippen LogP contribution is -2.56. The van der Waals surface area contributed by atoms with E-state index in [1.807, 2.05) is 0 Å². The number of hydrogen-bond donors (Lipinski definition) is 2. The monoisotopic (exact) mass is 447 g/mol. The third kappa shape index (κ3) is 7.38. The van der Waals surface area contributed by atoms with Gasteiger partial charge in [-0.15, -0.1) is 0 Å². The van der Waals surface area contributed by atoms with E-state index in [0.29, 0.717) is 6.04 Å². The van der Waals surface area contributed by atoms with Gasteiger partial charge in [0.2, 0.25) is 0 Å². The first-order valence-electron chi connectivity index (χ1n) is 11.8. The van der Waals surface area contributed by atoms with Crippen molar-refractivity contribution in [3.8, 4) is 0 Å². The summed E-state index contributed by atoms with van der Waals surface area (Å²) in [7, 11) is 2.21. The second-order valence-corrected chi connectivity index (χ2v) is 9.89. The fourth-order valence-corrected chi connectivity index (χ4v) is 5.79. The van der Waals surface area contributed by atoms with Crippen molar-refractivity contribution in [3.63, 3.8) is 0 Å². The predicted octanol–water partition coefficient (Wildman–Crippen LogP) is 2.66. The van der Waals surface area contributed by atoms with Gasteiger partial charge < -0.3 is 15.4 Å². The summed E-state index contributed by atoms with van der Waals surface area (Å²) in [6.45, 7) is 11.9. The molecule has 0 radical (unpaired) electrons. The van der Waals surface area contributed by atoms with Crippen molar-refractivity contribution in [2.75, 3.05) is 64.5 Å². The van der Waals surface area contributed by atoms with Gasteiger partial charge in [0, 0.05) is 44.5 Å². The average molecular weight is 448 g/mol. The molecule has 0 aliphatic carbocycles. The molecule has 0 saturated carbocycles. The molecule has 174 valence electrons. The Morgan fingerprint density at radius 1 is 1.26 bits per heavy atom. The molecule has 2 fully saturated rings. The molecule has 2 aliphatic heterocycles. The zero-order valence-electron chi connectivity index (χ0n) is 19.6. The topological polar surface area (TPSA) is 52.1 Å². The van der Waals surface area contributed by atoms with Crippen molar-refractivity contribution in [2.24, 2.45) is 4.99 Å². The van der Waals surface area contributed by atoms with E-state index < -0.39 is 0 Å². The lowest BCUT2D eigenvalue weighted by Gasteiger charge is -2.42. The molecule has 6 nitrogen and oxygen atoms in total. The summed E-state index contributed by atoms with van der Waals surface area (Å²) in [5, 5.41) is 7.02. The number of benzene rings is 1. The Balaban J connectivity index is 1.49. The van der Waals surface area contributed by atoms with Crippen LogP contribution in [-0.4, -0.2) is 91.8 Å². The number of ether oxygens (including phenoxy) is 1. The van der Waals surface area contributed by atoms with E-state index in [2.05, 4.69) is 83.4 Å². The normalized spacial score (nSPS) is 23.8. The Labute approximate surface area is 193 Å². The van der Waals surface area contributed by atoms with Crippen molar-refractivity contribution < 1.29 is 4.74 Å². The molecule has 1 aromatic rings. The van der Waals surface area contributed by atoms with Gasteiger partial charge in [0.25, 0.3) is 0 Å². The van der Waals surface area contributed by atoms with Crippen LogP contribution in [0.2, 0.25) is 0 Å². The van der Waals surface area contributed by atoms with Crippen LogP contribution in [0.15, 0.2) is 35.3 Å². The zero-order valence-corrected chi connectivity index (χ0v) is 20.4. The van der Waals surface area contributed by atoms with Crippen LogP contribution in [0.5, 0.6) is 0 Å². The Bertz CT molecular complexity index is 659. The SMILES string of the molecule is CCNC(=NCC1(N2CCOCC2)CCSC1)NCCC(C)N(C)Cc1ccccc1. The van der Waals surface area contributed by atoms with Gasteiger partial charge in [0.05, 0.1) is 25.3 Å². The summed E-state index contributed by atoms with van der Waals surface area (Å²) in [5.74, 6) is 3.37. The number of rotatable bonds is 10. The highest BCUT2D eigenvalue weighted by atomic mass is 32.2. The first-order chi connectivity index (χ1) is 15.1. The van der Waals surface area contributed by atoms with E-state index in [4.69, 9.17) is 9.73 Å². The summed E-state index contributed by atoms with van der Waals surface area (Å²) in [6, 6.07) is 11.2. The number of thioether (sulfide) groups is 1. The summed E-state index contributed by atoms with van der Waals surface area (Å²) in [6.07, 6.45) is 2.31. The lowest BCUT2D eigenvalue weighted by molar-refractivity contribution is -0.0104. The summed E-state index contributed by atoms with van der Waals surface area (Å²) in [4.78, 5) is 10.1. The Hall–Kier alpha value is -1.28. The third-order valence-electron chi connectivity index (χ3n) is 6.52. The van der Waals surface area contributed by atoms with E-state index in [1.54, 1.807) is 0 Å². The molecule has 2 aliphatic rings. The Morgan fingerprint density at radius 2 is 2.03 bits per heavy atom. The van der Waals surface area contributed by atoms with E-state index in [-0.39, 0.29) is 5.54 Å². The minimum absolute atomic E-state index is 0.194. The molecule has 7 heteroatoms. The molecule has 0 aromatic heterocycles. The number of nitrogens with zero attached hydrogens (tertiary/aromatic N) is 3. The maximum Gasteiger partial charge on any atom is 0.191 e. The van der Waals surface area contributed by atoms with Crippen LogP contribution in [0.25, 0.3) is 0 Å².